The van der Waals surface area contributed by atoms with Gasteiger partial charge in [-0.15, -0.1) is 12.4 Å². The molecule has 1 heterocycles. The first-order valence-electron chi connectivity index (χ1n) is 14.1. The number of benzene rings is 2. The molecule has 1 fully saturated rings. The van der Waals surface area contributed by atoms with Gasteiger partial charge >= 0.3 is 6.09 Å². The van der Waals surface area contributed by atoms with Gasteiger partial charge in [-0.1, -0.05) is 43.7 Å². The first kappa shape index (κ1) is 33.9. The van der Waals surface area contributed by atoms with E-state index in [-0.39, 0.29) is 61.1 Å². The average Bonchev–Trinajstić information content (AvgIpc) is 3.77. The molecule has 0 bridgehead atoms. The van der Waals surface area contributed by atoms with Crippen LogP contribution in [0.25, 0.3) is 0 Å². The van der Waals surface area contributed by atoms with Crippen LogP contribution in [0.15, 0.2) is 53.5 Å². The molecule has 2 aliphatic rings. The van der Waals surface area contributed by atoms with E-state index in [0.29, 0.717) is 22.2 Å². The third-order valence-corrected chi connectivity index (χ3v) is 8.62. The summed E-state index contributed by atoms with van der Waals surface area (Å²) in [5, 5.41) is 2.92. The minimum absolute atomic E-state index is 0. The molecule has 43 heavy (non-hydrogen) atoms. The number of amides is 3. The summed E-state index contributed by atoms with van der Waals surface area (Å²) >= 11 is 0. The standard InChI is InChI=1S/C30H39N5O6S.ClH/c1-5-6-14-41-29(38)35(42(4,39)40)25-16-21(19-34-26(36)18-30(3,24-12-13-24)33-28(34)31)15-23(17-25)27(37)32-20(2)22-10-8-7-9-11-22;/h7-11,15-17,20,24H,5-6,12-14,18-19H2,1-4H3,(H2,31,33)(H,32,37);1H/t20-,30-;/m0./s1. The Morgan fingerprint density at radius 2 is 1.88 bits per heavy atom. The maximum Gasteiger partial charge on any atom is 0.428 e. The Kier molecular flexibility index (Phi) is 10.8. The highest BCUT2D eigenvalue weighted by Crippen LogP contribution is 2.45. The number of nitrogens with zero attached hydrogens (tertiary/aromatic N) is 3. The molecule has 234 valence electrons. The van der Waals surface area contributed by atoms with E-state index < -0.39 is 27.6 Å². The second kappa shape index (κ2) is 13.8. The fraction of sp³-hybridized carbons (Fsp3) is 0.467. The first-order valence-corrected chi connectivity index (χ1v) is 16.0. The minimum atomic E-state index is -4.15. The van der Waals surface area contributed by atoms with Crippen molar-refractivity contribution in [2.45, 2.75) is 71.0 Å². The lowest BCUT2D eigenvalue weighted by molar-refractivity contribution is -0.130. The Morgan fingerprint density at radius 1 is 1.21 bits per heavy atom. The summed E-state index contributed by atoms with van der Waals surface area (Å²) in [5.74, 6) is -0.330. The molecule has 0 radical (unpaired) electrons. The van der Waals surface area contributed by atoms with Crippen LogP contribution in [0.1, 0.15) is 80.4 Å². The Bertz CT molecular complexity index is 1480. The SMILES string of the molecule is CCCCOC(=O)N(c1cc(CN2C(=O)C[C@@](C)(C3CC3)N=C2N)cc(C(=O)N[C@@H](C)c2ccccc2)c1)S(C)(=O)=O.Cl. The third-order valence-electron chi connectivity index (χ3n) is 7.60. The molecule has 1 aliphatic carbocycles. The Balaban J connectivity index is 0.00000506. The molecule has 2 atom stereocenters. The van der Waals surface area contributed by atoms with Crippen molar-refractivity contribution in [3.8, 4) is 0 Å². The summed E-state index contributed by atoms with van der Waals surface area (Å²) < 4.78 is 31.4. The van der Waals surface area contributed by atoms with E-state index in [0.717, 1.165) is 31.1 Å². The summed E-state index contributed by atoms with van der Waals surface area (Å²) in [6.07, 6.45) is 3.30. The lowest BCUT2D eigenvalue weighted by Crippen LogP contribution is -2.51. The van der Waals surface area contributed by atoms with Gasteiger partial charge in [0.15, 0.2) is 5.96 Å². The maximum atomic E-state index is 13.4. The number of rotatable bonds is 11. The predicted octanol–water partition coefficient (Wildman–Crippen LogP) is 4.52. The van der Waals surface area contributed by atoms with Crippen molar-refractivity contribution < 1.29 is 27.5 Å². The molecular weight excluding hydrogens is 594 g/mol. The summed E-state index contributed by atoms with van der Waals surface area (Å²) in [7, 11) is -4.15. The zero-order valence-corrected chi connectivity index (χ0v) is 26.5. The normalized spacial score (nSPS) is 19.1. The van der Waals surface area contributed by atoms with Gasteiger partial charge in [0.1, 0.15) is 0 Å². The topological polar surface area (TPSA) is 151 Å². The average molecular weight is 634 g/mol. The molecule has 3 N–H and O–H groups in total. The van der Waals surface area contributed by atoms with E-state index in [1.807, 2.05) is 51.1 Å². The number of hydrogen-bond acceptors (Lipinski definition) is 8. The highest BCUT2D eigenvalue weighted by molar-refractivity contribution is 7.92. The van der Waals surface area contributed by atoms with Crippen LogP contribution in [-0.4, -0.2) is 55.6 Å². The number of unbranched alkanes of at least 4 members (excludes halogenated alkanes) is 1. The molecular formula is C30H40ClN5O6S. The van der Waals surface area contributed by atoms with Gasteiger partial charge in [-0.3, -0.25) is 14.5 Å². The van der Waals surface area contributed by atoms with Crippen molar-refractivity contribution in [3.63, 3.8) is 0 Å². The molecule has 1 saturated carbocycles. The van der Waals surface area contributed by atoms with Crippen molar-refractivity contribution in [1.82, 2.24) is 10.2 Å². The summed E-state index contributed by atoms with van der Waals surface area (Å²) in [5.41, 5.74) is 7.00. The second-order valence-electron chi connectivity index (χ2n) is 11.2. The fourth-order valence-corrected chi connectivity index (χ4v) is 5.91. The second-order valence-corrected chi connectivity index (χ2v) is 13.1. The smallest absolute Gasteiger partial charge is 0.428 e. The summed E-state index contributed by atoms with van der Waals surface area (Å²) in [6.45, 7) is 5.64. The number of guanidine groups is 1. The lowest BCUT2D eigenvalue weighted by Gasteiger charge is -2.35. The van der Waals surface area contributed by atoms with Gasteiger partial charge in [0, 0.05) is 5.56 Å². The molecule has 2 aromatic rings. The Morgan fingerprint density at radius 3 is 2.47 bits per heavy atom. The summed E-state index contributed by atoms with van der Waals surface area (Å²) in [4.78, 5) is 45.6. The zero-order valence-electron chi connectivity index (χ0n) is 24.9. The number of aliphatic imine (C=N–C) groups is 1. The molecule has 3 amide bonds. The maximum absolute atomic E-state index is 13.4. The van der Waals surface area contributed by atoms with Crippen molar-refractivity contribution in [2.24, 2.45) is 16.6 Å². The van der Waals surface area contributed by atoms with Crippen molar-refractivity contribution in [2.75, 3.05) is 17.2 Å². The molecule has 0 saturated heterocycles. The van der Waals surface area contributed by atoms with Gasteiger partial charge in [0.25, 0.3) is 5.91 Å². The number of halogens is 1. The largest absolute Gasteiger partial charge is 0.448 e. The van der Waals surface area contributed by atoms with E-state index in [4.69, 9.17) is 10.5 Å². The van der Waals surface area contributed by atoms with Crippen LogP contribution in [0, 0.1) is 5.92 Å². The lowest BCUT2D eigenvalue weighted by atomic mass is 9.90. The third kappa shape index (κ3) is 8.26. The Hall–Kier alpha value is -3.64. The number of nitrogens with two attached hydrogens (primary N) is 1. The van der Waals surface area contributed by atoms with E-state index in [1.54, 1.807) is 6.07 Å². The van der Waals surface area contributed by atoms with E-state index >= 15 is 0 Å². The van der Waals surface area contributed by atoms with E-state index in [1.165, 1.54) is 17.0 Å². The monoisotopic (exact) mass is 633 g/mol. The number of sulfonamides is 1. The number of carbonyl (C=O) groups is 3. The van der Waals surface area contributed by atoms with Gasteiger partial charge in [-0.25, -0.2) is 18.2 Å². The minimum Gasteiger partial charge on any atom is -0.448 e. The molecule has 13 heteroatoms. The molecule has 2 aromatic carbocycles. The van der Waals surface area contributed by atoms with Crippen LogP contribution in [0.3, 0.4) is 0 Å². The van der Waals surface area contributed by atoms with Gasteiger partial charge in [-0.05, 0) is 68.4 Å². The zero-order chi connectivity index (χ0) is 30.7. The first-order chi connectivity index (χ1) is 19.8. The van der Waals surface area contributed by atoms with E-state index in [2.05, 4.69) is 10.3 Å². The van der Waals surface area contributed by atoms with Crippen LogP contribution in [0.2, 0.25) is 0 Å². The predicted molar refractivity (Wildman–Crippen MR) is 168 cm³/mol. The number of hydrogen-bond donors (Lipinski definition) is 2. The number of carbonyl (C=O) groups excluding carboxylic acids is 3. The quantitative estimate of drug-likeness (QED) is 0.345. The molecule has 0 aromatic heterocycles. The van der Waals surface area contributed by atoms with Gasteiger partial charge < -0.3 is 15.8 Å². The van der Waals surface area contributed by atoms with Crippen molar-refractivity contribution in [3.05, 3.63) is 65.2 Å². The van der Waals surface area contributed by atoms with E-state index in [9.17, 15) is 22.8 Å². The molecule has 0 spiro atoms. The molecule has 11 nitrogen and oxygen atoms in total. The Labute approximate surface area is 259 Å². The van der Waals surface area contributed by atoms with Crippen LogP contribution in [-0.2, 0) is 26.1 Å². The fourth-order valence-electron chi connectivity index (χ4n) is 5.10. The van der Waals surface area contributed by atoms with Gasteiger partial charge in [-0.2, -0.15) is 4.31 Å². The van der Waals surface area contributed by atoms with Crippen LogP contribution in [0.4, 0.5) is 10.5 Å². The molecule has 1 aliphatic heterocycles. The van der Waals surface area contributed by atoms with Crippen LogP contribution in [0.5, 0.6) is 0 Å². The van der Waals surface area contributed by atoms with Crippen LogP contribution < -0.4 is 15.4 Å². The van der Waals surface area contributed by atoms with Gasteiger partial charge in [0.2, 0.25) is 15.9 Å². The van der Waals surface area contributed by atoms with Crippen molar-refractivity contribution in [1.29, 1.82) is 0 Å². The number of anilines is 1. The molecule has 4 rings (SSSR count). The summed E-state index contributed by atoms with van der Waals surface area (Å²) in [6, 6.07) is 13.3. The molecule has 0 unspecified atom stereocenters. The number of nitrogens with one attached hydrogen (secondary N) is 1. The number of ether oxygens (including phenoxy) is 1. The highest BCUT2D eigenvalue weighted by atomic mass is 35.5. The highest BCUT2D eigenvalue weighted by Gasteiger charge is 2.46. The van der Waals surface area contributed by atoms with Gasteiger partial charge in [0.05, 0.1) is 43.1 Å². The van der Waals surface area contributed by atoms with Crippen LogP contribution >= 0.6 is 12.4 Å². The van der Waals surface area contributed by atoms with Crippen molar-refractivity contribution >= 4 is 52.0 Å².